The summed E-state index contributed by atoms with van der Waals surface area (Å²) in [6, 6.07) is 0. The third-order valence-electron chi connectivity index (χ3n) is 8.22. The Kier molecular flexibility index (Phi) is 4.98. The van der Waals surface area contributed by atoms with Crippen molar-refractivity contribution in [2.75, 3.05) is 26.2 Å². The second kappa shape index (κ2) is 7.41. The Hall–Kier alpha value is -1.79. The lowest BCUT2D eigenvalue weighted by molar-refractivity contribution is 0.00308. The minimum absolute atomic E-state index is 0.000111. The third-order valence-corrected chi connectivity index (χ3v) is 8.22. The molecule has 1 aliphatic carbocycles. The largest absolute Gasteiger partial charge is 0.370 e. The molecule has 162 valence electrons. The van der Waals surface area contributed by atoms with E-state index in [0.717, 1.165) is 32.5 Å². The van der Waals surface area contributed by atoms with Crippen LogP contribution in [0.25, 0.3) is 0 Å². The Labute approximate surface area is 179 Å². The summed E-state index contributed by atoms with van der Waals surface area (Å²) >= 11 is 0. The molecular weight excluding hydrogens is 376 g/mol. The predicted molar refractivity (Wildman–Crippen MR) is 115 cm³/mol. The summed E-state index contributed by atoms with van der Waals surface area (Å²) in [5, 5.41) is 3.10. The molecule has 5 rings (SSSR count). The van der Waals surface area contributed by atoms with E-state index in [0.29, 0.717) is 29.5 Å². The molecule has 2 bridgehead atoms. The zero-order valence-electron chi connectivity index (χ0n) is 18.5. The van der Waals surface area contributed by atoms with Crippen molar-refractivity contribution >= 4 is 5.91 Å². The van der Waals surface area contributed by atoms with Gasteiger partial charge in [-0.3, -0.25) is 14.7 Å². The molecule has 3 fully saturated rings. The number of carbonyl (C=O) groups is 1. The van der Waals surface area contributed by atoms with Crippen LogP contribution in [0.2, 0.25) is 0 Å². The lowest BCUT2D eigenvalue weighted by Crippen LogP contribution is -2.42. The highest BCUT2D eigenvalue weighted by Gasteiger charge is 2.62. The molecule has 6 heteroatoms. The fourth-order valence-corrected chi connectivity index (χ4v) is 6.65. The van der Waals surface area contributed by atoms with Crippen molar-refractivity contribution in [1.29, 1.82) is 0 Å². The van der Waals surface area contributed by atoms with Gasteiger partial charge >= 0.3 is 0 Å². The van der Waals surface area contributed by atoms with Crippen LogP contribution in [0.1, 0.15) is 63.4 Å². The smallest absolute Gasteiger partial charge is 0.271 e. The predicted octanol–water partition coefficient (Wildman–Crippen LogP) is 3.21. The van der Waals surface area contributed by atoms with Crippen LogP contribution in [0.15, 0.2) is 29.7 Å². The van der Waals surface area contributed by atoms with Gasteiger partial charge in [0.2, 0.25) is 0 Å². The first-order valence-corrected chi connectivity index (χ1v) is 11.5. The first kappa shape index (κ1) is 20.1. The molecule has 3 saturated heterocycles. The van der Waals surface area contributed by atoms with Gasteiger partial charge in [-0.25, -0.2) is 4.98 Å². The highest BCUT2D eigenvalue weighted by atomic mass is 16.5. The molecule has 1 aromatic heterocycles. The van der Waals surface area contributed by atoms with Crippen LogP contribution in [-0.4, -0.2) is 58.7 Å². The highest BCUT2D eigenvalue weighted by molar-refractivity contribution is 5.91. The molecule has 3 aliphatic heterocycles. The topological polar surface area (TPSA) is 67.4 Å². The van der Waals surface area contributed by atoms with E-state index in [1.165, 1.54) is 25.5 Å². The van der Waals surface area contributed by atoms with Gasteiger partial charge in [-0.05, 0) is 44.4 Å². The van der Waals surface area contributed by atoms with Crippen LogP contribution < -0.4 is 5.32 Å². The van der Waals surface area contributed by atoms with E-state index in [9.17, 15) is 4.79 Å². The van der Waals surface area contributed by atoms with Crippen LogP contribution in [-0.2, 0) is 4.74 Å². The Bertz CT molecular complexity index is 852. The molecule has 1 spiro atoms. The summed E-state index contributed by atoms with van der Waals surface area (Å²) in [4.78, 5) is 23.2. The summed E-state index contributed by atoms with van der Waals surface area (Å²) in [5.41, 5.74) is 3.93. The van der Waals surface area contributed by atoms with Crippen LogP contribution in [0.3, 0.4) is 0 Å². The molecule has 0 saturated carbocycles. The van der Waals surface area contributed by atoms with Crippen molar-refractivity contribution in [3.05, 3.63) is 35.4 Å². The van der Waals surface area contributed by atoms with Crippen molar-refractivity contribution in [2.45, 2.75) is 64.6 Å². The van der Waals surface area contributed by atoms with Gasteiger partial charge in [-0.15, -0.1) is 0 Å². The van der Waals surface area contributed by atoms with Crippen LogP contribution in [0.5, 0.6) is 0 Å². The average molecular weight is 411 g/mol. The number of aromatic nitrogens is 2. The highest BCUT2D eigenvalue weighted by Crippen LogP contribution is 2.55. The molecule has 0 radical (unpaired) electrons. The molecule has 4 heterocycles. The third kappa shape index (κ3) is 3.38. The van der Waals surface area contributed by atoms with Gasteiger partial charge in [-0.2, -0.15) is 0 Å². The van der Waals surface area contributed by atoms with Gasteiger partial charge in [0, 0.05) is 50.4 Å². The number of amides is 1. The van der Waals surface area contributed by atoms with E-state index < -0.39 is 0 Å². The van der Waals surface area contributed by atoms with Gasteiger partial charge in [0.25, 0.3) is 5.91 Å². The van der Waals surface area contributed by atoms with Crippen molar-refractivity contribution in [2.24, 2.45) is 17.3 Å². The van der Waals surface area contributed by atoms with Crippen molar-refractivity contribution in [3.63, 3.8) is 0 Å². The lowest BCUT2D eigenvalue weighted by atomic mass is 9.72. The first-order chi connectivity index (χ1) is 14.4. The Balaban J connectivity index is 1.26. The number of rotatable bonds is 5. The zero-order valence-corrected chi connectivity index (χ0v) is 18.5. The fourth-order valence-electron chi connectivity index (χ4n) is 6.65. The first-order valence-electron chi connectivity index (χ1n) is 11.5. The van der Waals surface area contributed by atoms with E-state index in [-0.39, 0.29) is 17.6 Å². The second-order valence-corrected chi connectivity index (χ2v) is 10.5. The maximum atomic E-state index is 12.5. The molecule has 0 aromatic carbocycles. The number of carbonyl (C=O) groups excluding carboxylic acids is 1. The summed E-state index contributed by atoms with van der Waals surface area (Å²) in [6.45, 7) is 11.0. The quantitative estimate of drug-likeness (QED) is 0.755. The van der Waals surface area contributed by atoms with Gasteiger partial charge in [0.15, 0.2) is 0 Å². The Morgan fingerprint density at radius 1 is 1.33 bits per heavy atom. The molecule has 1 amide bonds. The van der Waals surface area contributed by atoms with Crippen molar-refractivity contribution in [3.8, 4) is 0 Å². The number of nitrogens with zero attached hydrogens (tertiary/aromatic N) is 3. The fraction of sp³-hybridized carbons (Fsp3) is 0.708. The average Bonchev–Trinajstić information content (AvgIpc) is 3.38. The molecule has 4 aliphatic rings. The number of fused-ring (bicyclic) bond motifs is 1. The van der Waals surface area contributed by atoms with Crippen LogP contribution in [0, 0.1) is 17.3 Å². The van der Waals surface area contributed by atoms with Crippen LogP contribution >= 0.6 is 0 Å². The Morgan fingerprint density at radius 3 is 2.97 bits per heavy atom. The lowest BCUT2D eigenvalue weighted by Gasteiger charge is -2.37. The standard InChI is InChI=1S/C24H34N4O2/c1-16-5-4-7-23(2,3)18(16)13-28-14-19-17(21-6-8-24(19,15-28)30-21)11-27-22(29)20-12-25-9-10-26-20/h9-10,12,17,19,21H,4-8,11,13-15H2,1-3H3,(H,27,29)/t17-,19+,21+,24+/m0/s1. The van der Waals surface area contributed by atoms with Crippen molar-refractivity contribution in [1.82, 2.24) is 20.2 Å². The zero-order chi connectivity index (χ0) is 20.9. The second-order valence-electron chi connectivity index (χ2n) is 10.5. The van der Waals surface area contributed by atoms with Gasteiger partial charge in [0.1, 0.15) is 5.69 Å². The number of hydrogen-bond donors (Lipinski definition) is 1. The molecule has 30 heavy (non-hydrogen) atoms. The van der Waals surface area contributed by atoms with E-state index in [4.69, 9.17) is 4.74 Å². The molecule has 1 aromatic rings. The minimum Gasteiger partial charge on any atom is -0.370 e. The molecule has 4 atom stereocenters. The van der Waals surface area contributed by atoms with E-state index in [1.54, 1.807) is 23.5 Å². The van der Waals surface area contributed by atoms with Gasteiger partial charge in [0.05, 0.1) is 17.9 Å². The maximum absolute atomic E-state index is 12.5. The molecule has 6 nitrogen and oxygen atoms in total. The normalized spacial score (nSPS) is 35.0. The molecule has 1 N–H and O–H groups in total. The summed E-state index contributed by atoms with van der Waals surface area (Å²) < 4.78 is 6.60. The maximum Gasteiger partial charge on any atom is 0.271 e. The number of hydrogen-bond acceptors (Lipinski definition) is 5. The van der Waals surface area contributed by atoms with E-state index >= 15 is 0 Å². The van der Waals surface area contributed by atoms with Crippen molar-refractivity contribution < 1.29 is 9.53 Å². The number of ether oxygens (including phenoxy) is 1. The Morgan fingerprint density at radius 2 is 2.20 bits per heavy atom. The summed E-state index contributed by atoms with van der Waals surface area (Å²) in [7, 11) is 0. The summed E-state index contributed by atoms with van der Waals surface area (Å²) in [5.74, 6) is 0.754. The SMILES string of the molecule is CC1=C(CN2C[C@@H]3[C@H](CNC(=O)c4cnccn4)[C@H]4CC[C@]3(C2)O4)C(C)(C)CCC1. The summed E-state index contributed by atoms with van der Waals surface area (Å²) in [6.07, 6.45) is 11.1. The number of likely N-dealkylation sites (tertiary alicyclic amines) is 1. The number of nitrogens with one attached hydrogen (secondary N) is 1. The monoisotopic (exact) mass is 410 g/mol. The van der Waals surface area contributed by atoms with Gasteiger partial charge < -0.3 is 10.1 Å². The molecule has 0 unspecified atom stereocenters. The number of allylic oxidation sites excluding steroid dienone is 1. The molecular formula is C24H34N4O2. The minimum atomic E-state index is -0.139. The van der Waals surface area contributed by atoms with Crippen LogP contribution in [0.4, 0.5) is 0 Å². The van der Waals surface area contributed by atoms with Gasteiger partial charge in [-0.1, -0.05) is 25.0 Å². The van der Waals surface area contributed by atoms with E-state index in [1.807, 2.05) is 0 Å². The van der Waals surface area contributed by atoms with E-state index in [2.05, 4.69) is 41.0 Å².